The van der Waals surface area contributed by atoms with Crippen LogP contribution in [-0.4, -0.2) is 5.91 Å². The summed E-state index contributed by atoms with van der Waals surface area (Å²) in [5.41, 5.74) is 8.75. The third kappa shape index (κ3) is 1.02. The topological polar surface area (TPSA) is 103 Å². The highest BCUT2D eigenvalue weighted by atomic mass is 16.1. The largest absolute Gasteiger partial charge is 0.398 e. The van der Waals surface area contributed by atoms with Crippen molar-refractivity contribution in [1.82, 2.24) is 0 Å². The summed E-state index contributed by atoms with van der Waals surface area (Å²) < 4.78 is 0. The molecule has 0 atom stereocenters. The molecule has 1 heterocycles. The lowest BCUT2D eigenvalue weighted by atomic mass is 9.98. The van der Waals surface area contributed by atoms with E-state index >= 15 is 0 Å². The van der Waals surface area contributed by atoms with Crippen molar-refractivity contribution < 1.29 is 4.79 Å². The lowest BCUT2D eigenvalue weighted by Crippen LogP contribution is -2.10. The highest BCUT2D eigenvalue weighted by molar-refractivity contribution is 6.32. The second kappa shape index (κ2) is 3.25. The molecule has 0 unspecified atom stereocenters. The molecule has 5 heteroatoms. The zero-order valence-electron chi connectivity index (χ0n) is 10.2. The monoisotopic (exact) mass is 260 g/mol. The van der Waals surface area contributed by atoms with E-state index in [2.05, 4.69) is 5.32 Å². The van der Waals surface area contributed by atoms with Crippen molar-refractivity contribution in [2.24, 2.45) is 0 Å². The zero-order valence-corrected chi connectivity index (χ0v) is 10.2. The summed E-state index contributed by atoms with van der Waals surface area (Å²) in [6.07, 6.45) is 0. The Morgan fingerprint density at radius 3 is 2.65 bits per heavy atom. The Balaban J connectivity index is 2.43. The van der Waals surface area contributed by atoms with Crippen molar-refractivity contribution >= 4 is 33.6 Å². The molecule has 4 N–H and O–H groups in total. The van der Waals surface area contributed by atoms with E-state index in [1.807, 2.05) is 6.07 Å². The summed E-state index contributed by atoms with van der Waals surface area (Å²) in [4.78, 5) is 11.8. The third-order valence-electron chi connectivity index (χ3n) is 3.81. The number of hydrogen-bond donors (Lipinski definition) is 3. The number of hydrogen-bond acceptors (Lipinski definition) is 4. The van der Waals surface area contributed by atoms with Gasteiger partial charge in [-0.2, -0.15) is 5.26 Å². The van der Waals surface area contributed by atoms with E-state index in [9.17, 15) is 10.1 Å². The first-order valence-corrected chi connectivity index (χ1v) is 6.04. The lowest BCUT2D eigenvalue weighted by Gasteiger charge is -2.09. The molecule has 0 aromatic heterocycles. The summed E-state index contributed by atoms with van der Waals surface area (Å²) in [6, 6.07) is 8.98. The molecule has 0 bridgehead atoms. The summed E-state index contributed by atoms with van der Waals surface area (Å²) in [5, 5.41) is 22.5. The molecule has 5 nitrogen and oxygen atoms in total. The van der Waals surface area contributed by atoms with Gasteiger partial charge in [-0.1, -0.05) is 12.1 Å². The molecular formula is C15H8N4O. The van der Waals surface area contributed by atoms with E-state index in [4.69, 9.17) is 11.1 Å². The Bertz CT molecular complexity index is 1030. The van der Waals surface area contributed by atoms with Crippen molar-refractivity contribution in [2.45, 2.75) is 0 Å². The smallest absolute Gasteiger partial charge is 0.267 e. The first kappa shape index (κ1) is 10.8. The Labute approximate surface area is 113 Å². The average Bonchev–Trinajstić information content (AvgIpc) is 2.90. The highest BCUT2D eigenvalue weighted by Gasteiger charge is 2.30. The predicted molar refractivity (Wildman–Crippen MR) is 74.9 cm³/mol. The van der Waals surface area contributed by atoms with Crippen molar-refractivity contribution in [1.29, 1.82) is 10.7 Å². The van der Waals surface area contributed by atoms with Gasteiger partial charge in [-0.05, 0) is 17.5 Å². The maximum absolute atomic E-state index is 11.8. The molecule has 1 amide bonds. The SMILES string of the molecule is N#CC1=c2c(c3c(=N)ccc4c(N)ccc2c4-3)NC1=O. The molecule has 0 fully saturated rings. The molecule has 94 valence electrons. The van der Waals surface area contributed by atoms with Crippen LogP contribution in [0.15, 0.2) is 24.3 Å². The van der Waals surface area contributed by atoms with Gasteiger partial charge in [-0.3, -0.25) is 4.79 Å². The van der Waals surface area contributed by atoms with Gasteiger partial charge in [0.2, 0.25) is 0 Å². The molecule has 4 rings (SSSR count). The van der Waals surface area contributed by atoms with Crippen LogP contribution in [0.2, 0.25) is 0 Å². The highest BCUT2D eigenvalue weighted by Crippen LogP contribution is 2.39. The summed E-state index contributed by atoms with van der Waals surface area (Å²) in [5.74, 6) is -0.406. The molecule has 1 aromatic rings. The normalized spacial score (nSPS) is 13.8. The van der Waals surface area contributed by atoms with Crippen molar-refractivity contribution in [3.63, 3.8) is 0 Å². The number of carbonyl (C=O) groups is 1. The van der Waals surface area contributed by atoms with Crippen LogP contribution in [0.1, 0.15) is 0 Å². The minimum Gasteiger partial charge on any atom is -0.398 e. The number of amides is 1. The number of anilines is 2. The van der Waals surface area contributed by atoms with Gasteiger partial charge >= 0.3 is 0 Å². The second-order valence-corrected chi connectivity index (χ2v) is 4.80. The van der Waals surface area contributed by atoms with Gasteiger partial charge < -0.3 is 16.5 Å². The van der Waals surface area contributed by atoms with Gasteiger partial charge in [0.05, 0.1) is 11.0 Å². The maximum atomic E-state index is 11.8. The van der Waals surface area contributed by atoms with Gasteiger partial charge in [0.25, 0.3) is 5.91 Å². The number of carbonyl (C=O) groups excluding carboxylic acids is 1. The van der Waals surface area contributed by atoms with Crippen LogP contribution in [0.5, 0.6) is 0 Å². The number of benzene rings is 2. The van der Waals surface area contributed by atoms with E-state index in [0.717, 1.165) is 16.3 Å². The van der Waals surface area contributed by atoms with E-state index in [-0.39, 0.29) is 5.57 Å². The third-order valence-corrected chi connectivity index (χ3v) is 3.81. The quantitative estimate of drug-likeness (QED) is 0.520. The average molecular weight is 260 g/mol. The Morgan fingerprint density at radius 2 is 1.90 bits per heavy atom. The number of fused-ring (bicyclic) bond motifs is 3. The van der Waals surface area contributed by atoms with Gasteiger partial charge in [0.1, 0.15) is 11.6 Å². The summed E-state index contributed by atoms with van der Waals surface area (Å²) in [7, 11) is 0. The molecule has 2 aliphatic carbocycles. The molecule has 3 aliphatic rings. The molecule has 1 aliphatic heterocycles. The number of nitrogens with two attached hydrogens (primary N) is 1. The molecule has 0 saturated carbocycles. The van der Waals surface area contributed by atoms with Crippen LogP contribution in [0, 0.1) is 16.7 Å². The van der Waals surface area contributed by atoms with E-state index in [1.54, 1.807) is 24.3 Å². The van der Waals surface area contributed by atoms with Gasteiger partial charge in [-0.15, -0.1) is 0 Å². The molecule has 0 saturated heterocycles. The summed E-state index contributed by atoms with van der Waals surface area (Å²) in [6.45, 7) is 0. The number of nitrogens with zero attached hydrogens (tertiary/aromatic N) is 1. The van der Waals surface area contributed by atoms with Crippen LogP contribution in [0.25, 0.3) is 27.5 Å². The van der Waals surface area contributed by atoms with Crippen LogP contribution in [-0.2, 0) is 4.79 Å². The molecule has 0 radical (unpaired) electrons. The minimum absolute atomic E-state index is 0.0988. The van der Waals surface area contributed by atoms with Gasteiger partial charge in [0.15, 0.2) is 0 Å². The van der Waals surface area contributed by atoms with E-state index in [1.165, 1.54) is 0 Å². The van der Waals surface area contributed by atoms with Crippen molar-refractivity contribution in [2.75, 3.05) is 11.1 Å². The molecule has 0 spiro atoms. The fourth-order valence-corrected chi connectivity index (χ4v) is 2.98. The zero-order chi connectivity index (χ0) is 14.0. The van der Waals surface area contributed by atoms with Crippen LogP contribution in [0.3, 0.4) is 0 Å². The maximum Gasteiger partial charge on any atom is 0.267 e. The van der Waals surface area contributed by atoms with E-state index < -0.39 is 5.91 Å². The van der Waals surface area contributed by atoms with E-state index in [0.29, 0.717) is 27.5 Å². The molecule has 1 aromatic carbocycles. The standard InChI is InChI=1S/C15H8N4O/c16-5-8-12-7-2-3-9(17)6-1-4-10(18)13(11(6)7)14(12)19-15(8)20/h1-4,18H,17H2,(H,19,20). The first-order chi connectivity index (χ1) is 9.63. The predicted octanol–water partition coefficient (Wildman–Crippen LogP) is 0.789. The fourth-order valence-electron chi connectivity index (χ4n) is 2.98. The van der Waals surface area contributed by atoms with Crippen molar-refractivity contribution in [3.8, 4) is 17.2 Å². The minimum atomic E-state index is -0.406. The molecule has 20 heavy (non-hydrogen) atoms. The van der Waals surface area contributed by atoms with Gasteiger partial charge in [-0.25, -0.2) is 0 Å². The number of nitriles is 1. The molecular weight excluding hydrogens is 252 g/mol. The second-order valence-electron chi connectivity index (χ2n) is 4.80. The first-order valence-electron chi connectivity index (χ1n) is 6.04. The Morgan fingerprint density at radius 1 is 1.15 bits per heavy atom. The van der Waals surface area contributed by atoms with Gasteiger partial charge in [0, 0.05) is 27.4 Å². The van der Waals surface area contributed by atoms with Crippen LogP contribution >= 0.6 is 0 Å². The number of rotatable bonds is 0. The lowest BCUT2D eigenvalue weighted by molar-refractivity contribution is -0.110. The Kier molecular flexibility index (Phi) is 1.75. The summed E-state index contributed by atoms with van der Waals surface area (Å²) >= 11 is 0. The number of nitrogen functional groups attached to an aromatic ring is 1. The fraction of sp³-hybridized carbons (Fsp3) is 0. The van der Waals surface area contributed by atoms with Crippen molar-refractivity contribution in [3.05, 3.63) is 34.8 Å². The number of nitrogens with one attached hydrogen (secondary N) is 2. The van der Waals surface area contributed by atoms with Crippen LogP contribution in [0.4, 0.5) is 11.4 Å². The Hall–Kier alpha value is -3.13. The van der Waals surface area contributed by atoms with Crippen LogP contribution < -0.4 is 21.6 Å².